The van der Waals surface area contributed by atoms with Gasteiger partial charge in [0.15, 0.2) is 0 Å². The number of carbonyl (C=O) groups excluding carboxylic acids is 1. The van der Waals surface area contributed by atoms with Crippen molar-refractivity contribution in [2.24, 2.45) is 11.7 Å². The van der Waals surface area contributed by atoms with Crippen molar-refractivity contribution in [2.45, 2.75) is 19.8 Å². The van der Waals surface area contributed by atoms with E-state index in [-0.39, 0.29) is 5.91 Å². The Balaban J connectivity index is 1.82. The minimum Gasteiger partial charge on any atom is -0.493 e. The molecule has 1 fully saturated rings. The minimum atomic E-state index is -0.250. The predicted molar refractivity (Wildman–Crippen MR) is 75.0 cm³/mol. The first-order chi connectivity index (χ1) is 9.15. The molecule has 0 radical (unpaired) electrons. The monoisotopic (exact) mass is 262 g/mol. The van der Waals surface area contributed by atoms with Crippen molar-refractivity contribution in [3.05, 3.63) is 29.8 Å². The van der Waals surface area contributed by atoms with E-state index in [1.54, 1.807) is 0 Å². The molecule has 1 aromatic carbocycles. The largest absolute Gasteiger partial charge is 0.493 e. The van der Waals surface area contributed by atoms with Gasteiger partial charge in [0.1, 0.15) is 5.75 Å². The van der Waals surface area contributed by atoms with E-state index in [0.717, 1.165) is 37.2 Å². The molecule has 0 bridgehead atoms. The van der Waals surface area contributed by atoms with Crippen LogP contribution in [0.25, 0.3) is 0 Å². The fraction of sp³-hybridized carbons (Fsp3) is 0.533. The summed E-state index contributed by atoms with van der Waals surface area (Å²) in [7, 11) is 0. The summed E-state index contributed by atoms with van der Waals surface area (Å²) < 4.78 is 5.89. The topological polar surface area (TPSA) is 55.6 Å². The van der Waals surface area contributed by atoms with Gasteiger partial charge in [-0.15, -0.1) is 0 Å². The van der Waals surface area contributed by atoms with E-state index in [9.17, 15) is 4.79 Å². The third-order valence-electron chi connectivity index (χ3n) is 3.55. The SMILES string of the molecule is Cc1ccccc1OCC1CCCN(CC(N)=O)C1. The molecule has 4 nitrogen and oxygen atoms in total. The highest BCUT2D eigenvalue weighted by Gasteiger charge is 2.21. The highest BCUT2D eigenvalue weighted by Crippen LogP contribution is 2.20. The van der Waals surface area contributed by atoms with Crippen LogP contribution in [0.3, 0.4) is 0 Å². The number of para-hydroxylation sites is 1. The number of hydrogen-bond acceptors (Lipinski definition) is 3. The Labute approximate surface area is 114 Å². The van der Waals surface area contributed by atoms with Crippen molar-refractivity contribution in [1.82, 2.24) is 4.90 Å². The first kappa shape index (κ1) is 13.9. The number of ether oxygens (including phenoxy) is 1. The van der Waals surface area contributed by atoms with E-state index in [4.69, 9.17) is 10.5 Å². The van der Waals surface area contributed by atoms with Crippen molar-refractivity contribution >= 4 is 5.91 Å². The molecule has 1 aliphatic heterocycles. The van der Waals surface area contributed by atoms with Gasteiger partial charge in [-0.25, -0.2) is 0 Å². The van der Waals surface area contributed by atoms with Crippen LogP contribution in [0.2, 0.25) is 0 Å². The molecule has 0 saturated carbocycles. The van der Waals surface area contributed by atoms with Gasteiger partial charge in [-0.1, -0.05) is 18.2 Å². The van der Waals surface area contributed by atoms with Crippen molar-refractivity contribution in [3.8, 4) is 5.75 Å². The molecule has 1 heterocycles. The molecule has 0 spiro atoms. The molecule has 1 unspecified atom stereocenters. The van der Waals surface area contributed by atoms with E-state index >= 15 is 0 Å². The molecule has 0 aliphatic carbocycles. The molecule has 1 saturated heterocycles. The molecule has 1 atom stereocenters. The van der Waals surface area contributed by atoms with Crippen LogP contribution in [0, 0.1) is 12.8 Å². The lowest BCUT2D eigenvalue weighted by atomic mass is 9.99. The maximum atomic E-state index is 10.9. The molecular formula is C15H22N2O2. The van der Waals surface area contributed by atoms with Crippen molar-refractivity contribution in [2.75, 3.05) is 26.2 Å². The summed E-state index contributed by atoms with van der Waals surface area (Å²) in [5.41, 5.74) is 6.40. The number of amides is 1. The second-order valence-electron chi connectivity index (χ2n) is 5.29. The predicted octanol–water partition coefficient (Wildman–Crippen LogP) is 1.57. The van der Waals surface area contributed by atoms with Gasteiger partial charge in [-0.05, 0) is 37.9 Å². The number of nitrogens with zero attached hydrogens (tertiary/aromatic N) is 1. The zero-order chi connectivity index (χ0) is 13.7. The quantitative estimate of drug-likeness (QED) is 0.876. The number of carbonyl (C=O) groups is 1. The van der Waals surface area contributed by atoms with Crippen LogP contribution in [0.15, 0.2) is 24.3 Å². The molecule has 4 heteroatoms. The molecular weight excluding hydrogens is 240 g/mol. The Morgan fingerprint density at radius 2 is 2.26 bits per heavy atom. The van der Waals surface area contributed by atoms with Crippen molar-refractivity contribution in [1.29, 1.82) is 0 Å². The standard InChI is InChI=1S/C15H22N2O2/c1-12-5-2-3-7-14(12)19-11-13-6-4-8-17(9-13)10-15(16)18/h2-3,5,7,13H,4,6,8-11H2,1H3,(H2,16,18). The van der Waals surface area contributed by atoms with Gasteiger partial charge in [0.05, 0.1) is 13.2 Å². The van der Waals surface area contributed by atoms with E-state index in [1.165, 1.54) is 0 Å². The Bertz CT molecular complexity index is 434. The lowest BCUT2D eigenvalue weighted by molar-refractivity contribution is -0.119. The Morgan fingerprint density at radius 1 is 1.47 bits per heavy atom. The lowest BCUT2D eigenvalue weighted by Crippen LogP contribution is -2.42. The van der Waals surface area contributed by atoms with E-state index in [1.807, 2.05) is 18.2 Å². The smallest absolute Gasteiger partial charge is 0.231 e. The van der Waals surface area contributed by atoms with Crippen LogP contribution in [0.1, 0.15) is 18.4 Å². The van der Waals surface area contributed by atoms with Crippen LogP contribution in [-0.2, 0) is 4.79 Å². The fourth-order valence-electron chi connectivity index (χ4n) is 2.58. The average molecular weight is 262 g/mol. The number of likely N-dealkylation sites (tertiary alicyclic amines) is 1. The van der Waals surface area contributed by atoms with Gasteiger partial charge < -0.3 is 10.5 Å². The minimum absolute atomic E-state index is 0.250. The average Bonchev–Trinajstić information content (AvgIpc) is 2.37. The summed E-state index contributed by atoms with van der Waals surface area (Å²) in [5.74, 6) is 1.18. The Hall–Kier alpha value is -1.55. The van der Waals surface area contributed by atoms with Crippen molar-refractivity contribution in [3.63, 3.8) is 0 Å². The first-order valence-corrected chi connectivity index (χ1v) is 6.84. The Kier molecular flexibility index (Phi) is 4.80. The Morgan fingerprint density at radius 3 is 3.00 bits per heavy atom. The van der Waals surface area contributed by atoms with Crippen LogP contribution in [-0.4, -0.2) is 37.0 Å². The third-order valence-corrected chi connectivity index (χ3v) is 3.55. The number of benzene rings is 1. The number of rotatable bonds is 5. The van der Waals surface area contributed by atoms with Crippen LogP contribution >= 0.6 is 0 Å². The maximum absolute atomic E-state index is 10.9. The van der Waals surface area contributed by atoms with Gasteiger partial charge >= 0.3 is 0 Å². The molecule has 1 amide bonds. The zero-order valence-electron chi connectivity index (χ0n) is 11.5. The van der Waals surface area contributed by atoms with Gasteiger partial charge in [0, 0.05) is 12.5 Å². The zero-order valence-corrected chi connectivity index (χ0v) is 11.5. The second kappa shape index (κ2) is 6.57. The van der Waals surface area contributed by atoms with Gasteiger partial charge in [0.2, 0.25) is 5.91 Å². The van der Waals surface area contributed by atoms with E-state index < -0.39 is 0 Å². The highest BCUT2D eigenvalue weighted by molar-refractivity contribution is 5.75. The molecule has 1 aliphatic rings. The number of piperidine rings is 1. The molecule has 19 heavy (non-hydrogen) atoms. The molecule has 2 N–H and O–H groups in total. The normalized spacial score (nSPS) is 20.2. The van der Waals surface area contributed by atoms with Crippen molar-refractivity contribution < 1.29 is 9.53 Å². The van der Waals surface area contributed by atoms with Gasteiger partial charge in [-0.2, -0.15) is 0 Å². The third kappa shape index (κ3) is 4.24. The molecule has 1 aromatic rings. The first-order valence-electron chi connectivity index (χ1n) is 6.84. The number of hydrogen-bond donors (Lipinski definition) is 1. The number of aryl methyl sites for hydroxylation is 1. The summed E-state index contributed by atoms with van der Waals surface area (Å²) >= 11 is 0. The van der Waals surface area contributed by atoms with Crippen LogP contribution < -0.4 is 10.5 Å². The number of primary amides is 1. The molecule has 104 valence electrons. The lowest BCUT2D eigenvalue weighted by Gasteiger charge is -2.31. The van der Waals surface area contributed by atoms with Crippen LogP contribution in [0.4, 0.5) is 0 Å². The van der Waals surface area contributed by atoms with Gasteiger partial charge in [0.25, 0.3) is 0 Å². The summed E-state index contributed by atoms with van der Waals surface area (Å²) in [6.45, 7) is 4.98. The van der Waals surface area contributed by atoms with Gasteiger partial charge in [-0.3, -0.25) is 9.69 Å². The second-order valence-corrected chi connectivity index (χ2v) is 5.29. The number of nitrogens with two attached hydrogens (primary N) is 1. The molecule has 0 aromatic heterocycles. The summed E-state index contributed by atoms with van der Waals surface area (Å²) in [4.78, 5) is 13.1. The summed E-state index contributed by atoms with van der Waals surface area (Å²) in [5, 5.41) is 0. The highest BCUT2D eigenvalue weighted by atomic mass is 16.5. The summed E-state index contributed by atoms with van der Waals surface area (Å²) in [6, 6.07) is 8.05. The van der Waals surface area contributed by atoms with Crippen LogP contribution in [0.5, 0.6) is 5.75 Å². The maximum Gasteiger partial charge on any atom is 0.231 e. The van der Waals surface area contributed by atoms with E-state index in [0.29, 0.717) is 19.1 Å². The van der Waals surface area contributed by atoms with E-state index in [2.05, 4.69) is 17.9 Å². The molecule has 2 rings (SSSR count). The fourth-order valence-corrected chi connectivity index (χ4v) is 2.58. The summed E-state index contributed by atoms with van der Waals surface area (Å²) in [6.07, 6.45) is 2.26.